The van der Waals surface area contributed by atoms with Crippen LogP contribution in [0.4, 0.5) is 0 Å². The number of nitrogens with one attached hydrogen (secondary N) is 1. The van der Waals surface area contributed by atoms with Crippen LogP contribution in [0.3, 0.4) is 0 Å². The number of rotatable bonds is 2. The fourth-order valence-corrected chi connectivity index (χ4v) is 2.55. The van der Waals surface area contributed by atoms with Crippen molar-refractivity contribution in [1.82, 2.24) is 15.0 Å². The van der Waals surface area contributed by atoms with Crippen LogP contribution in [0, 0.1) is 0 Å². The quantitative estimate of drug-likeness (QED) is 0.668. The Morgan fingerprint density at radius 3 is 2.94 bits per heavy atom. The van der Waals surface area contributed by atoms with Crippen LogP contribution in [-0.2, 0) is 12.8 Å². The zero-order valence-electron chi connectivity index (χ0n) is 9.74. The van der Waals surface area contributed by atoms with E-state index >= 15 is 0 Å². The van der Waals surface area contributed by atoms with Crippen molar-refractivity contribution in [2.24, 2.45) is 0 Å². The van der Waals surface area contributed by atoms with Gasteiger partial charge in [-0.1, -0.05) is 11.6 Å². The number of aryl methyl sites for hydroxylation is 1. The molecule has 1 N–H and O–H groups in total. The van der Waals surface area contributed by atoms with E-state index < -0.39 is 0 Å². The minimum atomic E-state index is -0.0845. The summed E-state index contributed by atoms with van der Waals surface area (Å²) in [5.74, 6) is -0.0845. The van der Waals surface area contributed by atoms with Gasteiger partial charge in [0.05, 0.1) is 0 Å². The summed E-state index contributed by atoms with van der Waals surface area (Å²) in [6.45, 7) is 0. The van der Waals surface area contributed by atoms with Gasteiger partial charge in [0, 0.05) is 23.5 Å². The molecule has 0 saturated carbocycles. The third kappa shape index (κ3) is 1.93. The molecule has 0 spiro atoms. The number of ketones is 1. The molecule has 2 aromatic rings. The normalized spacial score (nSPS) is 14.3. The lowest BCUT2D eigenvalue weighted by molar-refractivity contribution is 0.103. The van der Waals surface area contributed by atoms with Crippen LogP contribution in [0.25, 0.3) is 0 Å². The molecule has 0 unspecified atom stereocenters. The molecule has 1 aliphatic rings. The summed E-state index contributed by atoms with van der Waals surface area (Å²) in [6.07, 6.45) is 7.39. The zero-order valence-corrected chi connectivity index (χ0v) is 10.5. The van der Waals surface area contributed by atoms with E-state index in [0.717, 1.165) is 30.4 Å². The number of carbonyl (C=O) groups excluding carboxylic acids is 1. The van der Waals surface area contributed by atoms with Gasteiger partial charge >= 0.3 is 0 Å². The summed E-state index contributed by atoms with van der Waals surface area (Å²) in [5, 5.41) is 0.290. The minimum absolute atomic E-state index is 0.0845. The lowest BCUT2D eigenvalue weighted by Gasteiger charge is -2.11. The first kappa shape index (κ1) is 11.4. The molecular formula is C13H12ClN3O. The van der Waals surface area contributed by atoms with Gasteiger partial charge in [0.25, 0.3) is 0 Å². The van der Waals surface area contributed by atoms with Crippen molar-refractivity contribution < 1.29 is 4.79 Å². The first-order chi connectivity index (χ1) is 8.75. The van der Waals surface area contributed by atoms with E-state index in [2.05, 4.69) is 15.0 Å². The Labute approximate surface area is 109 Å². The predicted molar refractivity (Wildman–Crippen MR) is 67.9 cm³/mol. The fourth-order valence-electron chi connectivity index (χ4n) is 2.41. The van der Waals surface area contributed by atoms with Crippen molar-refractivity contribution in [2.75, 3.05) is 0 Å². The first-order valence-electron chi connectivity index (χ1n) is 5.97. The van der Waals surface area contributed by atoms with Gasteiger partial charge in [-0.15, -0.1) is 0 Å². The molecule has 2 aromatic heterocycles. The Hall–Kier alpha value is -1.68. The molecule has 0 radical (unpaired) electrons. The monoisotopic (exact) mass is 261 g/mol. The van der Waals surface area contributed by atoms with Crippen LogP contribution >= 0.6 is 11.6 Å². The van der Waals surface area contributed by atoms with Gasteiger partial charge in [0.1, 0.15) is 17.2 Å². The van der Waals surface area contributed by atoms with Crippen molar-refractivity contribution in [2.45, 2.75) is 25.7 Å². The highest BCUT2D eigenvalue weighted by molar-refractivity contribution is 6.29. The number of H-pyrrole nitrogens is 1. The van der Waals surface area contributed by atoms with Crippen LogP contribution in [0.5, 0.6) is 0 Å². The molecular weight excluding hydrogens is 250 g/mol. The van der Waals surface area contributed by atoms with E-state index in [1.54, 1.807) is 6.20 Å². The smallest absolute Gasteiger partial charge is 0.213 e. The topological polar surface area (TPSA) is 58.6 Å². The Morgan fingerprint density at radius 1 is 1.28 bits per heavy atom. The van der Waals surface area contributed by atoms with Gasteiger partial charge < -0.3 is 4.98 Å². The van der Waals surface area contributed by atoms with Crippen LogP contribution < -0.4 is 0 Å². The van der Waals surface area contributed by atoms with Gasteiger partial charge in [-0.3, -0.25) is 4.79 Å². The highest BCUT2D eigenvalue weighted by Gasteiger charge is 2.21. The third-order valence-electron chi connectivity index (χ3n) is 3.29. The highest BCUT2D eigenvalue weighted by Crippen LogP contribution is 2.25. The fraction of sp³-hybridized carbons (Fsp3) is 0.308. The highest BCUT2D eigenvalue weighted by atomic mass is 35.5. The number of hydrogen-bond donors (Lipinski definition) is 1. The van der Waals surface area contributed by atoms with E-state index in [1.165, 1.54) is 24.5 Å². The average Bonchev–Trinajstić information content (AvgIpc) is 2.82. The second-order valence-corrected chi connectivity index (χ2v) is 4.81. The maximum absolute atomic E-state index is 12.4. The van der Waals surface area contributed by atoms with Gasteiger partial charge in [-0.05, 0) is 31.2 Å². The Kier molecular flexibility index (Phi) is 2.88. The Morgan fingerprint density at radius 2 is 2.11 bits per heavy atom. The molecule has 92 valence electrons. The minimum Gasteiger partial charge on any atom is -0.364 e. The molecule has 0 aliphatic heterocycles. The molecule has 0 atom stereocenters. The molecule has 0 bridgehead atoms. The summed E-state index contributed by atoms with van der Waals surface area (Å²) in [4.78, 5) is 23.3. The summed E-state index contributed by atoms with van der Waals surface area (Å²) in [6, 6.07) is 1.51. The van der Waals surface area contributed by atoms with E-state index in [0.29, 0.717) is 5.69 Å². The maximum atomic E-state index is 12.4. The number of carbonyl (C=O) groups is 1. The Bertz CT molecular complexity index is 606. The molecule has 3 rings (SSSR count). The molecule has 1 aliphatic carbocycles. The summed E-state index contributed by atoms with van der Waals surface area (Å²) in [7, 11) is 0. The molecule has 0 fully saturated rings. The molecule has 0 amide bonds. The second-order valence-electron chi connectivity index (χ2n) is 4.42. The zero-order chi connectivity index (χ0) is 12.5. The molecule has 0 aromatic carbocycles. The Balaban J connectivity index is 2.00. The molecule has 5 heteroatoms. The SMILES string of the molecule is O=C(c1cc(Cl)ncn1)c1c[nH]c2c1CCCC2. The molecule has 18 heavy (non-hydrogen) atoms. The summed E-state index contributed by atoms with van der Waals surface area (Å²) < 4.78 is 0. The number of nitrogens with zero attached hydrogens (tertiary/aromatic N) is 2. The van der Waals surface area contributed by atoms with Crippen molar-refractivity contribution >= 4 is 17.4 Å². The van der Waals surface area contributed by atoms with Gasteiger partial charge in [0.15, 0.2) is 0 Å². The second kappa shape index (κ2) is 4.53. The molecule has 2 heterocycles. The van der Waals surface area contributed by atoms with Crippen molar-refractivity contribution in [1.29, 1.82) is 0 Å². The number of aromatic nitrogens is 3. The molecule has 0 saturated heterocycles. The number of halogens is 1. The van der Waals surface area contributed by atoms with E-state index in [4.69, 9.17) is 11.6 Å². The molecule has 4 nitrogen and oxygen atoms in total. The van der Waals surface area contributed by atoms with Crippen LogP contribution in [-0.4, -0.2) is 20.7 Å². The van der Waals surface area contributed by atoms with Crippen LogP contribution in [0.15, 0.2) is 18.6 Å². The first-order valence-corrected chi connectivity index (χ1v) is 6.35. The van der Waals surface area contributed by atoms with Gasteiger partial charge in [0.2, 0.25) is 5.78 Å². The number of aromatic amines is 1. The average molecular weight is 262 g/mol. The number of hydrogen-bond acceptors (Lipinski definition) is 3. The van der Waals surface area contributed by atoms with Crippen molar-refractivity contribution in [3.05, 3.63) is 46.3 Å². The summed E-state index contributed by atoms with van der Waals surface area (Å²) >= 11 is 5.78. The largest absolute Gasteiger partial charge is 0.364 e. The maximum Gasteiger partial charge on any atom is 0.213 e. The van der Waals surface area contributed by atoms with E-state index in [-0.39, 0.29) is 10.9 Å². The number of fused-ring (bicyclic) bond motifs is 1. The van der Waals surface area contributed by atoms with Crippen molar-refractivity contribution in [3.63, 3.8) is 0 Å². The lowest BCUT2D eigenvalue weighted by atomic mass is 9.93. The predicted octanol–water partition coefficient (Wildman–Crippen LogP) is 2.57. The van der Waals surface area contributed by atoms with E-state index in [9.17, 15) is 4.79 Å². The summed E-state index contributed by atoms with van der Waals surface area (Å²) in [5.41, 5.74) is 3.40. The van der Waals surface area contributed by atoms with Gasteiger partial charge in [-0.25, -0.2) is 9.97 Å². The van der Waals surface area contributed by atoms with Crippen LogP contribution in [0.1, 0.15) is 40.2 Å². The third-order valence-corrected chi connectivity index (χ3v) is 3.50. The van der Waals surface area contributed by atoms with Crippen molar-refractivity contribution in [3.8, 4) is 0 Å². The lowest BCUT2D eigenvalue weighted by Crippen LogP contribution is -2.09. The van der Waals surface area contributed by atoms with Gasteiger partial charge in [-0.2, -0.15) is 0 Å². The standard InChI is InChI=1S/C13H12ClN3O/c14-12-5-11(16-7-17-12)13(18)9-6-15-10-4-2-1-3-8(9)10/h5-7,15H,1-4H2. The van der Waals surface area contributed by atoms with Crippen LogP contribution in [0.2, 0.25) is 5.15 Å². The van der Waals surface area contributed by atoms with E-state index in [1.807, 2.05) is 0 Å².